The van der Waals surface area contributed by atoms with Gasteiger partial charge in [0.05, 0.1) is 30.4 Å². The van der Waals surface area contributed by atoms with Crippen molar-refractivity contribution in [2.24, 2.45) is 0 Å². The zero-order chi connectivity index (χ0) is 18.3. The third-order valence-electron chi connectivity index (χ3n) is 5.27. The minimum absolute atomic E-state index is 0.0175. The molecule has 0 N–H and O–H groups in total. The Balaban J connectivity index is 1.63. The lowest BCUT2D eigenvalue weighted by molar-refractivity contribution is 0.0242. The highest BCUT2D eigenvalue weighted by Crippen LogP contribution is 2.28. The number of methoxy groups -OCH3 is 1. The molecular weight excluding hydrogens is 356 g/mol. The topological polar surface area (TPSA) is 84.2 Å². The number of rotatable bonds is 4. The van der Waals surface area contributed by atoms with Crippen LogP contribution in [-0.4, -0.2) is 90.4 Å². The number of carbonyl (C=O) groups is 1. The molecule has 0 bridgehead atoms. The van der Waals surface area contributed by atoms with E-state index in [9.17, 15) is 13.2 Å². The van der Waals surface area contributed by atoms with Gasteiger partial charge < -0.3 is 9.64 Å². The normalized spacial score (nSPS) is 25.5. The van der Waals surface area contributed by atoms with Crippen molar-refractivity contribution in [1.82, 2.24) is 19.2 Å². The molecule has 1 amide bonds. The van der Waals surface area contributed by atoms with Crippen LogP contribution in [0.2, 0.25) is 0 Å². The fourth-order valence-corrected chi connectivity index (χ4v) is 6.01. The van der Waals surface area contributed by atoms with E-state index in [1.54, 1.807) is 28.8 Å². The van der Waals surface area contributed by atoms with E-state index in [0.29, 0.717) is 37.6 Å². The van der Waals surface area contributed by atoms with Crippen LogP contribution in [-0.2, 0) is 14.6 Å². The minimum atomic E-state index is -3.16. The van der Waals surface area contributed by atoms with Gasteiger partial charge in [0, 0.05) is 39.0 Å². The van der Waals surface area contributed by atoms with Gasteiger partial charge in [0.15, 0.2) is 9.84 Å². The first-order valence-electron chi connectivity index (χ1n) is 8.66. The van der Waals surface area contributed by atoms with Crippen LogP contribution in [0.15, 0.2) is 30.6 Å². The lowest BCUT2D eigenvalue weighted by atomic mass is 10.0. The molecule has 2 fully saturated rings. The maximum atomic E-state index is 13.2. The highest BCUT2D eigenvalue weighted by Gasteiger charge is 2.48. The Hall–Kier alpha value is -1.97. The molecule has 26 heavy (non-hydrogen) atoms. The number of ether oxygens (including phenoxy) is 1. The van der Waals surface area contributed by atoms with Gasteiger partial charge in [-0.15, -0.1) is 0 Å². The first-order valence-corrected chi connectivity index (χ1v) is 10.5. The monoisotopic (exact) mass is 378 g/mol. The summed E-state index contributed by atoms with van der Waals surface area (Å²) in [6.07, 6.45) is 3.36. The Bertz CT molecular complexity index is 926. The molecule has 0 saturated carbocycles. The summed E-state index contributed by atoms with van der Waals surface area (Å²) in [5.74, 6) is -0.0516. The molecule has 0 aliphatic carbocycles. The molecule has 2 aliphatic heterocycles. The minimum Gasteiger partial charge on any atom is -0.383 e. The summed E-state index contributed by atoms with van der Waals surface area (Å²) in [6.45, 7) is 2.36. The third kappa shape index (κ3) is 3.00. The number of imidazole rings is 1. The van der Waals surface area contributed by atoms with Crippen LogP contribution in [0, 0.1) is 0 Å². The van der Waals surface area contributed by atoms with Crippen molar-refractivity contribution >= 4 is 21.4 Å². The third-order valence-corrected chi connectivity index (χ3v) is 6.97. The van der Waals surface area contributed by atoms with Gasteiger partial charge in [-0.2, -0.15) is 0 Å². The Morgan fingerprint density at radius 3 is 2.88 bits per heavy atom. The van der Waals surface area contributed by atoms with E-state index in [-0.39, 0.29) is 29.5 Å². The molecule has 140 valence electrons. The van der Waals surface area contributed by atoms with E-state index >= 15 is 0 Å². The molecular formula is C17H22N4O4S. The number of fused-ring (bicyclic) bond motifs is 2. The lowest BCUT2D eigenvalue weighted by Crippen LogP contribution is -2.61. The number of amides is 1. The summed E-state index contributed by atoms with van der Waals surface area (Å²) in [7, 11) is -1.53. The van der Waals surface area contributed by atoms with Crippen molar-refractivity contribution in [3.05, 3.63) is 36.3 Å². The van der Waals surface area contributed by atoms with E-state index in [2.05, 4.69) is 9.88 Å². The second-order valence-electron chi connectivity index (χ2n) is 6.81. The van der Waals surface area contributed by atoms with Crippen LogP contribution in [0.25, 0.3) is 5.65 Å². The first-order chi connectivity index (χ1) is 12.5. The quantitative estimate of drug-likeness (QED) is 0.739. The second-order valence-corrected chi connectivity index (χ2v) is 8.96. The van der Waals surface area contributed by atoms with Crippen molar-refractivity contribution in [2.45, 2.75) is 12.1 Å². The molecule has 0 aromatic carbocycles. The van der Waals surface area contributed by atoms with Gasteiger partial charge in [-0.05, 0) is 12.1 Å². The smallest absolute Gasteiger partial charge is 0.272 e. The van der Waals surface area contributed by atoms with Gasteiger partial charge in [-0.3, -0.25) is 14.1 Å². The predicted octanol–water partition coefficient (Wildman–Crippen LogP) is -0.0959. The molecule has 0 radical (unpaired) electrons. The SMILES string of the molecule is COCCN1CCN(C(=O)c2cnc3ccccn23)[C@H]2CS(=O)(=O)C[C@H]21. The van der Waals surface area contributed by atoms with Gasteiger partial charge in [-0.25, -0.2) is 13.4 Å². The molecule has 4 heterocycles. The molecule has 9 heteroatoms. The van der Waals surface area contributed by atoms with Crippen LogP contribution in [0.3, 0.4) is 0 Å². The number of nitrogens with zero attached hydrogens (tertiary/aromatic N) is 4. The standard InChI is InChI=1S/C17H22N4O4S/c1-25-9-8-19-6-7-21(15-12-26(23,24)11-14(15)19)17(22)13-10-18-16-4-2-3-5-20(13)16/h2-5,10,14-15H,6-9,11-12H2,1H3/t14-,15+/m1/s1. The first kappa shape index (κ1) is 17.4. The Morgan fingerprint density at radius 1 is 1.27 bits per heavy atom. The summed E-state index contributed by atoms with van der Waals surface area (Å²) in [6, 6.07) is 5.05. The summed E-state index contributed by atoms with van der Waals surface area (Å²) < 4.78 is 31.4. The highest BCUT2D eigenvalue weighted by atomic mass is 32.2. The average Bonchev–Trinajstić information content (AvgIpc) is 3.19. The van der Waals surface area contributed by atoms with Gasteiger partial charge in [0.1, 0.15) is 11.3 Å². The van der Waals surface area contributed by atoms with Crippen molar-refractivity contribution in [3.63, 3.8) is 0 Å². The van der Waals surface area contributed by atoms with Crippen LogP contribution in [0.4, 0.5) is 0 Å². The zero-order valence-electron chi connectivity index (χ0n) is 14.6. The van der Waals surface area contributed by atoms with Crippen molar-refractivity contribution in [2.75, 3.05) is 44.9 Å². The van der Waals surface area contributed by atoms with Crippen molar-refractivity contribution in [1.29, 1.82) is 0 Å². The number of pyridine rings is 1. The Labute approximate surface area is 152 Å². The molecule has 0 spiro atoms. The molecule has 8 nitrogen and oxygen atoms in total. The summed E-state index contributed by atoms with van der Waals surface area (Å²) in [5.41, 5.74) is 1.17. The maximum absolute atomic E-state index is 13.2. The van der Waals surface area contributed by atoms with Gasteiger partial charge >= 0.3 is 0 Å². The van der Waals surface area contributed by atoms with Crippen molar-refractivity contribution in [3.8, 4) is 0 Å². The number of piperazine rings is 1. The van der Waals surface area contributed by atoms with Gasteiger partial charge in [0.25, 0.3) is 5.91 Å². The zero-order valence-corrected chi connectivity index (χ0v) is 15.4. The summed E-state index contributed by atoms with van der Waals surface area (Å²) >= 11 is 0. The molecule has 0 unspecified atom stereocenters. The van der Waals surface area contributed by atoms with E-state index in [4.69, 9.17) is 4.74 Å². The van der Waals surface area contributed by atoms with E-state index in [1.807, 2.05) is 18.2 Å². The van der Waals surface area contributed by atoms with E-state index < -0.39 is 9.84 Å². The molecule has 2 aromatic rings. The molecule has 2 saturated heterocycles. The lowest BCUT2D eigenvalue weighted by Gasteiger charge is -2.43. The molecule has 4 rings (SSSR count). The van der Waals surface area contributed by atoms with Crippen LogP contribution in [0.1, 0.15) is 10.5 Å². The fraction of sp³-hybridized carbons (Fsp3) is 0.529. The number of hydrogen-bond donors (Lipinski definition) is 0. The number of sulfone groups is 1. The second kappa shape index (κ2) is 6.64. The van der Waals surface area contributed by atoms with Crippen LogP contribution in [0.5, 0.6) is 0 Å². The molecule has 2 aliphatic rings. The van der Waals surface area contributed by atoms with Crippen LogP contribution < -0.4 is 0 Å². The summed E-state index contributed by atoms with van der Waals surface area (Å²) in [4.78, 5) is 21.3. The fourth-order valence-electron chi connectivity index (χ4n) is 4.00. The highest BCUT2D eigenvalue weighted by molar-refractivity contribution is 7.91. The number of hydrogen-bond acceptors (Lipinski definition) is 6. The van der Waals surface area contributed by atoms with E-state index in [0.717, 1.165) is 0 Å². The van der Waals surface area contributed by atoms with Gasteiger partial charge in [-0.1, -0.05) is 6.07 Å². The molecule has 2 aromatic heterocycles. The molecule has 2 atom stereocenters. The maximum Gasteiger partial charge on any atom is 0.272 e. The van der Waals surface area contributed by atoms with Crippen molar-refractivity contribution < 1.29 is 17.9 Å². The van der Waals surface area contributed by atoms with Crippen LogP contribution >= 0.6 is 0 Å². The van der Waals surface area contributed by atoms with E-state index in [1.165, 1.54) is 0 Å². The number of carbonyl (C=O) groups excluding carboxylic acids is 1. The Morgan fingerprint density at radius 2 is 2.08 bits per heavy atom. The Kier molecular flexibility index (Phi) is 4.45. The average molecular weight is 378 g/mol. The summed E-state index contributed by atoms with van der Waals surface area (Å²) in [5, 5.41) is 0. The largest absolute Gasteiger partial charge is 0.383 e. The van der Waals surface area contributed by atoms with Gasteiger partial charge in [0.2, 0.25) is 0 Å². The predicted molar refractivity (Wildman–Crippen MR) is 95.9 cm³/mol. The number of aromatic nitrogens is 2.